The van der Waals surface area contributed by atoms with Gasteiger partial charge in [0.1, 0.15) is 11.3 Å². The van der Waals surface area contributed by atoms with Gasteiger partial charge in [-0.1, -0.05) is 17.7 Å². The average molecular weight is 452 g/mol. The molecule has 0 radical (unpaired) electrons. The predicted molar refractivity (Wildman–Crippen MR) is 113 cm³/mol. The van der Waals surface area contributed by atoms with Crippen LogP contribution in [0.5, 0.6) is 0 Å². The quantitative estimate of drug-likeness (QED) is 0.628. The van der Waals surface area contributed by atoms with Gasteiger partial charge in [0.05, 0.1) is 17.1 Å². The van der Waals surface area contributed by atoms with E-state index in [2.05, 4.69) is 50.6 Å². The van der Waals surface area contributed by atoms with Crippen molar-refractivity contribution in [2.24, 2.45) is 0 Å². The van der Waals surface area contributed by atoms with Crippen molar-refractivity contribution in [2.45, 2.75) is 20.4 Å². The van der Waals surface area contributed by atoms with Gasteiger partial charge in [0.2, 0.25) is 5.95 Å². The third kappa shape index (κ3) is 3.46. The molecule has 7 heteroatoms. The Labute approximate surface area is 171 Å². The van der Waals surface area contributed by atoms with Crippen molar-refractivity contribution in [1.29, 1.82) is 0 Å². The molecule has 0 spiro atoms. The Bertz CT molecular complexity index is 1010. The molecule has 0 aliphatic carbocycles. The van der Waals surface area contributed by atoms with Crippen LogP contribution in [0.15, 0.2) is 28.7 Å². The van der Waals surface area contributed by atoms with E-state index in [1.54, 1.807) is 12.1 Å². The van der Waals surface area contributed by atoms with Gasteiger partial charge in [-0.15, -0.1) is 0 Å². The molecule has 0 atom stereocenters. The van der Waals surface area contributed by atoms with E-state index in [1.165, 1.54) is 17.2 Å². The van der Waals surface area contributed by atoms with E-state index < -0.39 is 5.82 Å². The van der Waals surface area contributed by atoms with E-state index in [-0.39, 0.29) is 5.02 Å². The van der Waals surface area contributed by atoms with E-state index in [4.69, 9.17) is 16.6 Å². The van der Waals surface area contributed by atoms with Crippen LogP contribution in [0.3, 0.4) is 0 Å². The molecule has 1 aliphatic rings. The van der Waals surface area contributed by atoms with Crippen molar-refractivity contribution in [3.05, 3.63) is 56.3 Å². The summed E-state index contributed by atoms with van der Waals surface area (Å²) in [7, 11) is 0. The Morgan fingerprint density at radius 1 is 1.22 bits per heavy atom. The van der Waals surface area contributed by atoms with E-state index in [1.807, 2.05) is 0 Å². The van der Waals surface area contributed by atoms with Crippen LogP contribution < -0.4 is 10.2 Å². The molecule has 2 heterocycles. The maximum Gasteiger partial charge on any atom is 0.206 e. The Hall–Kier alpha value is -1.63. The Balaban J connectivity index is 1.88. The normalized spacial score (nSPS) is 14.9. The highest BCUT2D eigenvalue weighted by atomic mass is 79.9. The zero-order valence-electron chi connectivity index (χ0n) is 15.3. The first kappa shape index (κ1) is 18.7. The molecule has 2 aromatic carbocycles. The molecule has 1 aliphatic heterocycles. The molecule has 27 heavy (non-hydrogen) atoms. The van der Waals surface area contributed by atoms with E-state index >= 15 is 0 Å². The zero-order valence-corrected chi connectivity index (χ0v) is 17.7. The van der Waals surface area contributed by atoms with Gasteiger partial charge < -0.3 is 14.8 Å². The summed E-state index contributed by atoms with van der Waals surface area (Å²) in [6.45, 7) is 8.48. The first-order valence-corrected chi connectivity index (χ1v) is 10.2. The average Bonchev–Trinajstić information content (AvgIpc) is 3.02. The van der Waals surface area contributed by atoms with Crippen molar-refractivity contribution >= 4 is 44.5 Å². The number of anilines is 1. The lowest BCUT2D eigenvalue weighted by Gasteiger charge is -2.29. The number of nitrogens with zero attached hydrogens (tertiary/aromatic N) is 3. The van der Waals surface area contributed by atoms with Crippen LogP contribution in [0.1, 0.15) is 16.7 Å². The van der Waals surface area contributed by atoms with Crippen molar-refractivity contribution in [1.82, 2.24) is 14.9 Å². The summed E-state index contributed by atoms with van der Waals surface area (Å²) in [6, 6.07) is 7.08. The number of benzene rings is 2. The second kappa shape index (κ2) is 7.41. The van der Waals surface area contributed by atoms with E-state index in [9.17, 15) is 4.39 Å². The summed E-state index contributed by atoms with van der Waals surface area (Å²) in [5.74, 6) is 0.546. The Morgan fingerprint density at radius 2 is 1.96 bits per heavy atom. The van der Waals surface area contributed by atoms with Crippen LogP contribution in [0.2, 0.25) is 5.02 Å². The molecule has 4 rings (SSSR count). The first-order chi connectivity index (χ1) is 13.0. The fourth-order valence-electron chi connectivity index (χ4n) is 3.51. The highest BCUT2D eigenvalue weighted by Crippen LogP contribution is 2.33. The van der Waals surface area contributed by atoms with Crippen LogP contribution in [0.4, 0.5) is 10.3 Å². The third-order valence-corrected chi connectivity index (χ3v) is 6.45. The van der Waals surface area contributed by atoms with Gasteiger partial charge in [-0.2, -0.15) is 0 Å². The molecular formula is C20H21BrClFN4. The number of aromatic nitrogens is 2. The van der Waals surface area contributed by atoms with Crippen molar-refractivity contribution in [2.75, 3.05) is 31.1 Å². The molecule has 3 aromatic rings. The lowest BCUT2D eigenvalue weighted by molar-refractivity contribution is 0.571. The number of aryl methyl sites for hydroxylation is 1. The van der Waals surface area contributed by atoms with Gasteiger partial charge in [0.25, 0.3) is 0 Å². The maximum atomic E-state index is 13.6. The summed E-state index contributed by atoms with van der Waals surface area (Å²) >= 11 is 9.74. The Morgan fingerprint density at radius 3 is 2.67 bits per heavy atom. The lowest BCUT2D eigenvalue weighted by atomic mass is 10.1. The SMILES string of the molecule is Cc1cc2c(nc(N3CCNCC3)n2Cc2ccc(F)c(Cl)c2)c(Br)c1C. The van der Waals surface area contributed by atoms with Gasteiger partial charge in [-0.3, -0.25) is 0 Å². The second-order valence-electron chi connectivity index (χ2n) is 6.98. The minimum absolute atomic E-state index is 0.147. The number of nitrogens with one attached hydrogen (secondary N) is 1. The van der Waals surface area contributed by atoms with Crippen LogP contribution in [-0.2, 0) is 6.54 Å². The molecule has 142 valence electrons. The fourth-order valence-corrected chi connectivity index (χ4v) is 4.32. The molecular weight excluding hydrogens is 431 g/mol. The molecule has 0 unspecified atom stereocenters. The lowest BCUT2D eigenvalue weighted by Crippen LogP contribution is -2.44. The van der Waals surface area contributed by atoms with E-state index in [0.717, 1.165) is 53.2 Å². The van der Waals surface area contributed by atoms with Gasteiger partial charge in [0.15, 0.2) is 0 Å². The summed E-state index contributed by atoms with van der Waals surface area (Å²) in [4.78, 5) is 7.29. The number of piperazine rings is 1. The van der Waals surface area contributed by atoms with Gasteiger partial charge in [0, 0.05) is 30.7 Å². The molecule has 0 bridgehead atoms. The summed E-state index contributed by atoms with van der Waals surface area (Å²) in [5.41, 5.74) is 5.38. The fraction of sp³-hybridized carbons (Fsp3) is 0.350. The largest absolute Gasteiger partial charge is 0.340 e. The molecule has 0 saturated carbocycles. The van der Waals surface area contributed by atoms with Crippen molar-refractivity contribution in [3.8, 4) is 0 Å². The van der Waals surface area contributed by atoms with Crippen molar-refractivity contribution in [3.63, 3.8) is 0 Å². The number of hydrogen-bond donors (Lipinski definition) is 1. The second-order valence-corrected chi connectivity index (χ2v) is 8.18. The molecule has 1 aromatic heterocycles. The van der Waals surface area contributed by atoms with Gasteiger partial charge >= 0.3 is 0 Å². The topological polar surface area (TPSA) is 33.1 Å². The van der Waals surface area contributed by atoms with E-state index in [0.29, 0.717) is 6.54 Å². The highest BCUT2D eigenvalue weighted by molar-refractivity contribution is 9.10. The summed E-state index contributed by atoms with van der Waals surface area (Å²) in [6.07, 6.45) is 0. The molecule has 1 N–H and O–H groups in total. The van der Waals surface area contributed by atoms with Crippen LogP contribution in [0, 0.1) is 19.7 Å². The number of halogens is 3. The van der Waals surface area contributed by atoms with Crippen LogP contribution in [0.25, 0.3) is 11.0 Å². The zero-order chi connectivity index (χ0) is 19.1. The minimum atomic E-state index is -0.396. The molecule has 1 fully saturated rings. The number of rotatable bonds is 3. The van der Waals surface area contributed by atoms with Crippen molar-refractivity contribution < 1.29 is 4.39 Å². The number of imidazole rings is 1. The third-order valence-electron chi connectivity index (χ3n) is 5.19. The predicted octanol–water partition coefficient (Wildman–Crippen LogP) is 4.67. The Kier molecular flexibility index (Phi) is 5.14. The molecule has 1 saturated heterocycles. The summed E-state index contributed by atoms with van der Waals surface area (Å²) in [5, 5.41) is 3.53. The standard InChI is InChI=1S/C20H21BrClFN4/c1-12-9-17-19(18(21)13(12)2)25-20(26-7-5-24-6-8-26)27(17)11-14-3-4-16(23)15(22)10-14/h3-4,9-10,24H,5-8,11H2,1-2H3. The maximum absolute atomic E-state index is 13.6. The first-order valence-electron chi connectivity index (χ1n) is 9.01. The smallest absolute Gasteiger partial charge is 0.206 e. The van der Waals surface area contributed by atoms with Gasteiger partial charge in [-0.25, -0.2) is 9.37 Å². The van der Waals surface area contributed by atoms with Gasteiger partial charge in [-0.05, 0) is 64.7 Å². The van der Waals surface area contributed by atoms with Crippen LogP contribution >= 0.6 is 27.5 Å². The molecule has 0 amide bonds. The monoisotopic (exact) mass is 450 g/mol. The minimum Gasteiger partial charge on any atom is -0.340 e. The number of fused-ring (bicyclic) bond motifs is 1. The van der Waals surface area contributed by atoms with Crippen LogP contribution in [-0.4, -0.2) is 35.7 Å². The number of hydrogen-bond acceptors (Lipinski definition) is 3. The summed E-state index contributed by atoms with van der Waals surface area (Å²) < 4.78 is 16.8. The molecule has 4 nitrogen and oxygen atoms in total. The highest BCUT2D eigenvalue weighted by Gasteiger charge is 2.22.